The van der Waals surface area contributed by atoms with Crippen LogP contribution in [-0.4, -0.2) is 88.1 Å². The fourth-order valence-corrected chi connectivity index (χ4v) is 4.22. The lowest BCUT2D eigenvalue weighted by molar-refractivity contribution is -0.0243. The number of hydrogen-bond donors (Lipinski definition) is 0. The van der Waals surface area contributed by atoms with Crippen molar-refractivity contribution in [2.45, 2.75) is 49.8 Å². The van der Waals surface area contributed by atoms with Gasteiger partial charge in [-0.1, -0.05) is 0 Å². The number of sulfone groups is 1. The minimum Gasteiger partial charge on any atom is -0.441 e. The van der Waals surface area contributed by atoms with Gasteiger partial charge < -0.3 is 19.3 Å². The zero-order chi connectivity index (χ0) is 22.8. The number of carbonyl (C=O) groups is 2. The van der Waals surface area contributed by atoms with E-state index in [1.807, 2.05) is 25.8 Å². The molecule has 0 radical (unpaired) electrons. The van der Waals surface area contributed by atoms with E-state index >= 15 is 0 Å². The molecule has 31 heavy (non-hydrogen) atoms. The standard InChI is InChI=1S/C21H31N3O6S/c1-15(2)22(3)20(25)23-11-9-17(10-12-23)29-14-18-13-24(21(26)30-18)16-5-7-19(8-6-16)31(4,27)28/h5-8,15,17-18H,9-14H2,1-4H3. The quantitative estimate of drug-likeness (QED) is 0.656. The van der Waals surface area contributed by atoms with Crippen molar-refractivity contribution in [3.63, 3.8) is 0 Å². The van der Waals surface area contributed by atoms with E-state index < -0.39 is 22.0 Å². The third-order valence-corrected chi connectivity index (χ3v) is 6.89. The first kappa shape index (κ1) is 23.3. The van der Waals surface area contributed by atoms with Crippen molar-refractivity contribution in [3.8, 4) is 0 Å². The van der Waals surface area contributed by atoms with E-state index in [0.29, 0.717) is 25.3 Å². The lowest BCUT2D eigenvalue weighted by Crippen LogP contribution is -2.48. The van der Waals surface area contributed by atoms with Gasteiger partial charge >= 0.3 is 12.1 Å². The van der Waals surface area contributed by atoms with E-state index in [2.05, 4.69) is 0 Å². The Morgan fingerprint density at radius 3 is 2.39 bits per heavy atom. The van der Waals surface area contributed by atoms with Crippen LogP contribution in [0.1, 0.15) is 26.7 Å². The highest BCUT2D eigenvalue weighted by Crippen LogP contribution is 2.24. The Hall–Kier alpha value is -2.33. The van der Waals surface area contributed by atoms with Crippen LogP contribution in [0.2, 0.25) is 0 Å². The summed E-state index contributed by atoms with van der Waals surface area (Å²) in [5.41, 5.74) is 0.584. The molecular weight excluding hydrogens is 422 g/mol. The average Bonchev–Trinajstić information content (AvgIpc) is 3.11. The number of anilines is 1. The normalized spacial score (nSPS) is 20.3. The highest BCUT2D eigenvalue weighted by Gasteiger charge is 2.34. The Morgan fingerprint density at radius 2 is 1.84 bits per heavy atom. The number of benzene rings is 1. The molecule has 1 atom stereocenters. The van der Waals surface area contributed by atoms with Gasteiger partial charge in [-0.15, -0.1) is 0 Å². The fraction of sp³-hybridized carbons (Fsp3) is 0.619. The van der Waals surface area contributed by atoms with Crippen LogP contribution >= 0.6 is 0 Å². The van der Waals surface area contributed by atoms with E-state index in [1.54, 1.807) is 17.0 Å². The van der Waals surface area contributed by atoms with Gasteiger partial charge in [0.2, 0.25) is 0 Å². The summed E-state index contributed by atoms with van der Waals surface area (Å²) in [7, 11) is -1.48. The highest BCUT2D eigenvalue weighted by molar-refractivity contribution is 7.90. The first-order valence-corrected chi connectivity index (χ1v) is 12.4. The summed E-state index contributed by atoms with van der Waals surface area (Å²) in [6.07, 6.45) is 1.79. The molecule has 1 aromatic rings. The highest BCUT2D eigenvalue weighted by atomic mass is 32.2. The third-order valence-electron chi connectivity index (χ3n) is 5.76. The van der Waals surface area contributed by atoms with E-state index in [4.69, 9.17) is 9.47 Å². The molecule has 1 unspecified atom stereocenters. The van der Waals surface area contributed by atoms with Gasteiger partial charge in [0, 0.05) is 38.1 Å². The molecule has 0 saturated carbocycles. The Kier molecular flexibility index (Phi) is 7.10. The van der Waals surface area contributed by atoms with Crippen molar-refractivity contribution in [1.82, 2.24) is 9.80 Å². The third kappa shape index (κ3) is 5.68. The molecule has 0 spiro atoms. The summed E-state index contributed by atoms with van der Waals surface area (Å²) in [5, 5.41) is 0. The van der Waals surface area contributed by atoms with Crippen LogP contribution in [0.4, 0.5) is 15.3 Å². The van der Waals surface area contributed by atoms with Gasteiger partial charge in [-0.2, -0.15) is 0 Å². The summed E-state index contributed by atoms with van der Waals surface area (Å²) in [5.74, 6) is 0. The predicted molar refractivity (Wildman–Crippen MR) is 116 cm³/mol. The van der Waals surface area contributed by atoms with Crippen LogP contribution in [0.25, 0.3) is 0 Å². The summed E-state index contributed by atoms with van der Waals surface area (Å²) >= 11 is 0. The van der Waals surface area contributed by atoms with Gasteiger partial charge in [0.15, 0.2) is 9.84 Å². The van der Waals surface area contributed by atoms with Crippen LogP contribution in [0.3, 0.4) is 0 Å². The number of amides is 3. The summed E-state index contributed by atoms with van der Waals surface area (Å²) < 4.78 is 34.6. The summed E-state index contributed by atoms with van der Waals surface area (Å²) in [6.45, 7) is 5.88. The molecule has 2 heterocycles. The second-order valence-electron chi connectivity index (χ2n) is 8.39. The van der Waals surface area contributed by atoms with Crippen LogP contribution in [0.15, 0.2) is 29.2 Å². The maximum absolute atomic E-state index is 12.4. The first-order valence-electron chi connectivity index (χ1n) is 10.5. The molecule has 0 aromatic heterocycles. The summed E-state index contributed by atoms with van der Waals surface area (Å²) in [6, 6.07) is 6.35. The minimum absolute atomic E-state index is 0.0233. The van der Waals surface area contributed by atoms with Crippen molar-refractivity contribution in [2.75, 3.05) is 44.4 Å². The lowest BCUT2D eigenvalue weighted by atomic mass is 10.1. The molecule has 2 fully saturated rings. The van der Waals surface area contributed by atoms with Gasteiger partial charge in [0.25, 0.3) is 0 Å². The monoisotopic (exact) mass is 453 g/mol. The number of cyclic esters (lactones) is 1. The van der Waals surface area contributed by atoms with Gasteiger partial charge in [-0.3, -0.25) is 4.90 Å². The number of hydrogen-bond acceptors (Lipinski definition) is 6. The van der Waals surface area contributed by atoms with Crippen molar-refractivity contribution in [3.05, 3.63) is 24.3 Å². The number of rotatable bonds is 6. The molecule has 2 aliphatic rings. The predicted octanol–water partition coefficient (Wildman–Crippen LogP) is 2.36. The zero-order valence-corrected chi connectivity index (χ0v) is 19.3. The van der Waals surface area contributed by atoms with Crippen molar-refractivity contribution >= 4 is 27.6 Å². The zero-order valence-electron chi connectivity index (χ0n) is 18.5. The second kappa shape index (κ2) is 9.44. The number of nitrogens with zero attached hydrogens (tertiary/aromatic N) is 3. The van der Waals surface area contributed by atoms with Crippen LogP contribution in [0.5, 0.6) is 0 Å². The maximum atomic E-state index is 12.4. The van der Waals surface area contributed by atoms with Crippen molar-refractivity contribution < 1.29 is 27.5 Å². The Labute approximate surface area is 183 Å². The van der Waals surface area contributed by atoms with Gasteiger partial charge in [0.05, 0.1) is 24.2 Å². The number of likely N-dealkylation sites (tertiary alicyclic amines) is 1. The molecule has 0 aliphatic carbocycles. The Balaban J connectivity index is 1.46. The van der Waals surface area contributed by atoms with E-state index in [-0.39, 0.29) is 29.7 Å². The molecule has 3 rings (SSSR count). The SMILES string of the molecule is CC(C)N(C)C(=O)N1CCC(OCC2CN(c3ccc(S(C)(=O)=O)cc3)C(=O)O2)CC1. The molecule has 2 aliphatic heterocycles. The molecule has 0 N–H and O–H groups in total. The molecule has 172 valence electrons. The largest absolute Gasteiger partial charge is 0.441 e. The van der Waals surface area contributed by atoms with Gasteiger partial charge in [-0.05, 0) is 51.0 Å². The molecule has 10 heteroatoms. The van der Waals surface area contributed by atoms with Gasteiger partial charge in [0.1, 0.15) is 6.10 Å². The van der Waals surface area contributed by atoms with Crippen molar-refractivity contribution in [1.29, 1.82) is 0 Å². The summed E-state index contributed by atoms with van der Waals surface area (Å²) in [4.78, 5) is 29.9. The maximum Gasteiger partial charge on any atom is 0.414 e. The number of carbonyl (C=O) groups excluding carboxylic acids is 2. The average molecular weight is 454 g/mol. The minimum atomic E-state index is -3.29. The lowest BCUT2D eigenvalue weighted by Gasteiger charge is -2.35. The fourth-order valence-electron chi connectivity index (χ4n) is 3.59. The molecule has 0 bridgehead atoms. The van der Waals surface area contributed by atoms with E-state index in [9.17, 15) is 18.0 Å². The number of piperidine rings is 1. The van der Waals surface area contributed by atoms with Crippen molar-refractivity contribution in [2.24, 2.45) is 0 Å². The molecular formula is C21H31N3O6S. The van der Waals surface area contributed by atoms with Crippen LogP contribution < -0.4 is 4.90 Å². The van der Waals surface area contributed by atoms with Crippen LogP contribution in [0, 0.1) is 0 Å². The molecule has 1 aromatic carbocycles. The second-order valence-corrected chi connectivity index (χ2v) is 10.4. The first-order chi connectivity index (χ1) is 14.6. The van der Waals surface area contributed by atoms with Gasteiger partial charge in [-0.25, -0.2) is 18.0 Å². The molecule has 2 saturated heterocycles. The molecule has 3 amide bonds. The van der Waals surface area contributed by atoms with Crippen LogP contribution in [-0.2, 0) is 19.3 Å². The Morgan fingerprint density at radius 1 is 1.23 bits per heavy atom. The van der Waals surface area contributed by atoms with E-state index in [1.165, 1.54) is 17.0 Å². The smallest absolute Gasteiger partial charge is 0.414 e. The Bertz CT molecular complexity index is 894. The topological polar surface area (TPSA) is 96.5 Å². The van der Waals surface area contributed by atoms with E-state index in [0.717, 1.165) is 19.1 Å². The molecule has 9 nitrogen and oxygen atoms in total. The number of urea groups is 1. The number of ether oxygens (including phenoxy) is 2.